The van der Waals surface area contributed by atoms with Crippen LogP contribution < -0.4 is 10.2 Å². The Kier molecular flexibility index (Phi) is 6.00. The lowest BCUT2D eigenvalue weighted by Gasteiger charge is -2.36. The van der Waals surface area contributed by atoms with Crippen molar-refractivity contribution in [3.05, 3.63) is 24.5 Å². The molecule has 0 bridgehead atoms. The second kappa shape index (κ2) is 7.76. The van der Waals surface area contributed by atoms with E-state index in [1.165, 1.54) is 18.5 Å². The lowest BCUT2D eigenvalue weighted by atomic mass is 10.0. The van der Waals surface area contributed by atoms with Crippen LogP contribution in [0.3, 0.4) is 0 Å². The summed E-state index contributed by atoms with van der Waals surface area (Å²) in [4.78, 5) is 8.89. The molecule has 0 saturated carbocycles. The van der Waals surface area contributed by atoms with Gasteiger partial charge in [0.25, 0.3) is 0 Å². The molecule has 4 heteroatoms. The van der Waals surface area contributed by atoms with Gasteiger partial charge in [-0.3, -0.25) is 4.98 Å². The molecule has 0 spiro atoms. The molecule has 1 aromatic rings. The maximum atomic E-state index is 4.09. The highest BCUT2D eigenvalue weighted by molar-refractivity contribution is 5.44. The van der Waals surface area contributed by atoms with Crippen molar-refractivity contribution in [2.24, 2.45) is 5.92 Å². The Morgan fingerprint density at radius 1 is 1.24 bits per heavy atom. The van der Waals surface area contributed by atoms with E-state index < -0.39 is 0 Å². The fourth-order valence-electron chi connectivity index (χ4n) is 3.20. The van der Waals surface area contributed by atoms with Crippen LogP contribution in [0.1, 0.15) is 26.7 Å². The third kappa shape index (κ3) is 4.68. The van der Waals surface area contributed by atoms with Crippen molar-refractivity contribution >= 4 is 5.69 Å². The minimum atomic E-state index is 0.614. The van der Waals surface area contributed by atoms with Gasteiger partial charge in [0.2, 0.25) is 0 Å². The molecule has 21 heavy (non-hydrogen) atoms. The third-order valence-electron chi connectivity index (χ3n) is 4.57. The van der Waals surface area contributed by atoms with E-state index in [2.05, 4.69) is 60.2 Å². The highest BCUT2D eigenvalue weighted by atomic mass is 15.2. The zero-order valence-corrected chi connectivity index (χ0v) is 13.9. The summed E-state index contributed by atoms with van der Waals surface area (Å²) in [5.41, 5.74) is 1.30. The van der Waals surface area contributed by atoms with Gasteiger partial charge in [-0.15, -0.1) is 0 Å². The van der Waals surface area contributed by atoms with Gasteiger partial charge in [0.1, 0.15) is 0 Å². The Balaban J connectivity index is 1.77. The van der Waals surface area contributed by atoms with Gasteiger partial charge in [-0.1, -0.05) is 13.8 Å². The zero-order valence-electron chi connectivity index (χ0n) is 13.9. The number of aromatic nitrogens is 1. The molecule has 1 atom stereocenters. The normalized spacial score (nSPS) is 18.5. The molecule has 1 N–H and O–H groups in total. The Morgan fingerprint density at radius 3 is 2.38 bits per heavy atom. The molecule has 0 radical (unpaired) electrons. The first-order valence-corrected chi connectivity index (χ1v) is 8.12. The summed E-state index contributed by atoms with van der Waals surface area (Å²) in [5.74, 6) is 0.685. The molecule has 0 aliphatic carbocycles. The molecule has 1 saturated heterocycles. The molecule has 1 aliphatic heterocycles. The van der Waals surface area contributed by atoms with Crippen molar-refractivity contribution in [3.8, 4) is 0 Å². The molecule has 1 aliphatic rings. The van der Waals surface area contributed by atoms with Crippen LogP contribution in [0.5, 0.6) is 0 Å². The topological polar surface area (TPSA) is 31.4 Å². The number of hydrogen-bond donors (Lipinski definition) is 1. The average molecular weight is 290 g/mol. The van der Waals surface area contributed by atoms with E-state index in [1.807, 2.05) is 12.4 Å². The van der Waals surface area contributed by atoms with Crippen molar-refractivity contribution in [2.45, 2.75) is 38.8 Å². The molecule has 1 aromatic heterocycles. The van der Waals surface area contributed by atoms with E-state index in [0.29, 0.717) is 18.0 Å². The summed E-state index contributed by atoms with van der Waals surface area (Å²) in [6.07, 6.45) is 6.20. The number of likely N-dealkylation sites (N-methyl/N-ethyl adjacent to an activating group) is 1. The highest BCUT2D eigenvalue weighted by Crippen LogP contribution is 2.19. The Bertz CT molecular complexity index is 389. The monoisotopic (exact) mass is 290 g/mol. The Hall–Kier alpha value is -1.13. The third-order valence-corrected chi connectivity index (χ3v) is 4.57. The molecule has 118 valence electrons. The molecule has 2 rings (SSSR count). The smallest absolute Gasteiger partial charge is 0.0397 e. The quantitative estimate of drug-likeness (QED) is 0.870. The summed E-state index contributed by atoms with van der Waals surface area (Å²) >= 11 is 0. The van der Waals surface area contributed by atoms with Crippen molar-refractivity contribution < 1.29 is 0 Å². The van der Waals surface area contributed by atoms with Crippen molar-refractivity contribution in [2.75, 3.05) is 38.6 Å². The SMILES string of the molecule is CC(C)C(CNC1CCN(c2ccncc2)CC1)N(C)C. The molecule has 4 nitrogen and oxygen atoms in total. The second-order valence-electron chi connectivity index (χ2n) is 6.65. The fourth-order valence-corrected chi connectivity index (χ4v) is 3.20. The van der Waals surface area contributed by atoms with Gasteiger partial charge in [-0.2, -0.15) is 0 Å². The van der Waals surface area contributed by atoms with Crippen molar-refractivity contribution in [3.63, 3.8) is 0 Å². The van der Waals surface area contributed by atoms with Crippen LogP contribution in [0.25, 0.3) is 0 Å². The number of pyridine rings is 1. The summed E-state index contributed by atoms with van der Waals surface area (Å²) in [6.45, 7) is 7.97. The summed E-state index contributed by atoms with van der Waals surface area (Å²) < 4.78 is 0. The second-order valence-corrected chi connectivity index (χ2v) is 6.65. The molecule has 1 fully saturated rings. The van der Waals surface area contributed by atoms with Gasteiger partial charge in [-0.05, 0) is 45.0 Å². The fraction of sp³-hybridized carbons (Fsp3) is 0.706. The molecule has 1 unspecified atom stereocenters. The lowest BCUT2D eigenvalue weighted by molar-refractivity contribution is 0.214. The number of nitrogens with zero attached hydrogens (tertiary/aromatic N) is 3. The molecule has 2 heterocycles. The first kappa shape index (κ1) is 16.2. The summed E-state index contributed by atoms with van der Waals surface area (Å²) in [6, 6.07) is 5.48. The molecular formula is C17H30N4. The number of piperidine rings is 1. The van der Waals surface area contributed by atoms with Crippen LogP contribution in [-0.4, -0.2) is 55.7 Å². The Labute approximate surface area is 129 Å². The van der Waals surface area contributed by atoms with Crippen LogP contribution in [0.4, 0.5) is 5.69 Å². The minimum absolute atomic E-state index is 0.614. The maximum Gasteiger partial charge on any atom is 0.0397 e. The van der Waals surface area contributed by atoms with E-state index in [1.54, 1.807) is 0 Å². The largest absolute Gasteiger partial charge is 0.371 e. The van der Waals surface area contributed by atoms with E-state index >= 15 is 0 Å². The van der Waals surface area contributed by atoms with E-state index in [-0.39, 0.29) is 0 Å². The van der Waals surface area contributed by atoms with Gasteiger partial charge in [0.05, 0.1) is 0 Å². The van der Waals surface area contributed by atoms with Crippen LogP contribution in [-0.2, 0) is 0 Å². The van der Waals surface area contributed by atoms with Gasteiger partial charge < -0.3 is 15.1 Å². The minimum Gasteiger partial charge on any atom is -0.371 e. The lowest BCUT2D eigenvalue weighted by Crippen LogP contribution is -2.48. The first-order chi connectivity index (χ1) is 10.1. The summed E-state index contributed by atoms with van der Waals surface area (Å²) in [5, 5.41) is 3.78. The first-order valence-electron chi connectivity index (χ1n) is 8.12. The van der Waals surface area contributed by atoms with Crippen molar-refractivity contribution in [1.82, 2.24) is 15.2 Å². The highest BCUT2D eigenvalue weighted by Gasteiger charge is 2.21. The number of nitrogens with one attached hydrogen (secondary N) is 1. The average Bonchev–Trinajstić information content (AvgIpc) is 2.48. The van der Waals surface area contributed by atoms with Crippen LogP contribution in [0.2, 0.25) is 0 Å². The zero-order chi connectivity index (χ0) is 15.2. The van der Waals surface area contributed by atoms with Crippen LogP contribution in [0.15, 0.2) is 24.5 Å². The van der Waals surface area contributed by atoms with Gasteiger partial charge >= 0.3 is 0 Å². The summed E-state index contributed by atoms with van der Waals surface area (Å²) in [7, 11) is 4.36. The van der Waals surface area contributed by atoms with Crippen LogP contribution in [0, 0.1) is 5.92 Å². The maximum absolute atomic E-state index is 4.09. The number of anilines is 1. The molecule has 0 amide bonds. The van der Waals surface area contributed by atoms with Gasteiger partial charge in [-0.25, -0.2) is 0 Å². The van der Waals surface area contributed by atoms with E-state index in [0.717, 1.165) is 19.6 Å². The predicted molar refractivity (Wildman–Crippen MR) is 89.8 cm³/mol. The predicted octanol–water partition coefficient (Wildman–Crippen LogP) is 2.23. The van der Waals surface area contributed by atoms with E-state index in [4.69, 9.17) is 0 Å². The van der Waals surface area contributed by atoms with E-state index in [9.17, 15) is 0 Å². The Morgan fingerprint density at radius 2 is 1.86 bits per heavy atom. The molecular weight excluding hydrogens is 260 g/mol. The number of hydrogen-bond acceptors (Lipinski definition) is 4. The van der Waals surface area contributed by atoms with Gasteiger partial charge in [0.15, 0.2) is 0 Å². The van der Waals surface area contributed by atoms with Gasteiger partial charge in [0, 0.05) is 49.8 Å². The van der Waals surface area contributed by atoms with Crippen LogP contribution >= 0.6 is 0 Å². The van der Waals surface area contributed by atoms with Crippen molar-refractivity contribution in [1.29, 1.82) is 0 Å². The molecule has 0 aromatic carbocycles. The standard InChI is InChI=1S/C17H30N4/c1-14(2)17(20(3)4)13-19-15-7-11-21(12-8-15)16-5-9-18-10-6-16/h5-6,9-10,14-15,17,19H,7-8,11-13H2,1-4H3. The number of rotatable bonds is 6.